The van der Waals surface area contributed by atoms with Crippen molar-refractivity contribution in [3.63, 3.8) is 0 Å². The number of halogens is 2. The smallest absolute Gasteiger partial charge is 0.229 e. The van der Waals surface area contributed by atoms with Crippen LogP contribution in [-0.2, 0) is 14.8 Å². The van der Waals surface area contributed by atoms with Gasteiger partial charge in [0, 0.05) is 28.5 Å². The van der Waals surface area contributed by atoms with Crippen LogP contribution in [0.2, 0.25) is 10.0 Å². The largest absolute Gasteiger partial charge is 0.330 e. The number of allylic oxidation sites excluding steroid dienone is 1. The van der Waals surface area contributed by atoms with Crippen LogP contribution in [0.1, 0.15) is 63.6 Å². The molecular weight excluding hydrogens is 515 g/mol. The zero-order chi connectivity index (χ0) is 26.7. The lowest BCUT2D eigenvalue weighted by atomic mass is 9.66. The highest BCUT2D eigenvalue weighted by molar-refractivity contribution is 7.89. The fourth-order valence-electron chi connectivity index (χ4n) is 5.22. The van der Waals surface area contributed by atoms with Crippen molar-refractivity contribution in [3.05, 3.63) is 82.4 Å². The maximum atomic E-state index is 14.3. The van der Waals surface area contributed by atoms with Gasteiger partial charge in [-0.3, -0.25) is 4.79 Å². The Balaban J connectivity index is 2.23. The molecule has 0 saturated carbocycles. The molecule has 3 rings (SSSR count). The van der Waals surface area contributed by atoms with Crippen molar-refractivity contribution < 1.29 is 13.2 Å². The lowest BCUT2D eigenvalue weighted by molar-refractivity contribution is -0.155. The molecule has 0 radical (unpaired) electrons. The third-order valence-corrected chi connectivity index (χ3v) is 9.06. The molecule has 8 heteroatoms. The van der Waals surface area contributed by atoms with Crippen LogP contribution in [0.5, 0.6) is 0 Å². The molecular formula is C28H36Cl2N2O3S. The fraction of sp³-hybridized carbons (Fsp3) is 0.464. The molecule has 0 bridgehead atoms. The highest BCUT2D eigenvalue weighted by Gasteiger charge is 2.51. The predicted octanol–water partition coefficient (Wildman–Crippen LogP) is 6.60. The number of nitrogens with zero attached hydrogens (tertiary/aromatic N) is 1. The highest BCUT2D eigenvalue weighted by atomic mass is 35.5. The van der Waals surface area contributed by atoms with Gasteiger partial charge in [0.15, 0.2) is 0 Å². The first-order valence-electron chi connectivity index (χ1n) is 12.3. The number of sulfonamides is 1. The van der Waals surface area contributed by atoms with Gasteiger partial charge < -0.3 is 4.90 Å². The third-order valence-electron chi connectivity index (χ3n) is 7.20. The van der Waals surface area contributed by atoms with Crippen molar-refractivity contribution in [1.29, 1.82) is 0 Å². The van der Waals surface area contributed by atoms with Crippen molar-refractivity contribution >= 4 is 39.1 Å². The van der Waals surface area contributed by atoms with E-state index in [4.69, 9.17) is 23.2 Å². The molecule has 2 aromatic rings. The molecule has 2 aromatic carbocycles. The van der Waals surface area contributed by atoms with Crippen molar-refractivity contribution in [1.82, 2.24) is 9.62 Å². The summed E-state index contributed by atoms with van der Waals surface area (Å²) in [6, 6.07) is 14.6. The minimum Gasteiger partial charge on any atom is -0.330 e. The van der Waals surface area contributed by atoms with Gasteiger partial charge in [0.05, 0.1) is 17.2 Å². The van der Waals surface area contributed by atoms with E-state index in [1.165, 1.54) is 0 Å². The third kappa shape index (κ3) is 6.34. The van der Waals surface area contributed by atoms with Crippen LogP contribution in [0, 0.1) is 11.3 Å². The topological polar surface area (TPSA) is 66.5 Å². The highest BCUT2D eigenvalue weighted by Crippen LogP contribution is 2.52. The van der Waals surface area contributed by atoms with Crippen LogP contribution in [0.3, 0.4) is 0 Å². The van der Waals surface area contributed by atoms with Gasteiger partial charge in [-0.25, -0.2) is 13.1 Å². The average Bonchev–Trinajstić information content (AvgIpc) is 2.82. The summed E-state index contributed by atoms with van der Waals surface area (Å²) in [6.07, 6.45) is 2.91. The van der Waals surface area contributed by atoms with E-state index in [0.29, 0.717) is 22.9 Å². The molecule has 1 fully saturated rings. The maximum absolute atomic E-state index is 14.3. The van der Waals surface area contributed by atoms with E-state index in [1.807, 2.05) is 74.2 Å². The van der Waals surface area contributed by atoms with Crippen molar-refractivity contribution in [2.24, 2.45) is 11.3 Å². The molecule has 1 aliphatic rings. The van der Waals surface area contributed by atoms with Crippen LogP contribution < -0.4 is 4.72 Å². The normalized spacial score (nSPS) is 23.6. The van der Waals surface area contributed by atoms with Crippen molar-refractivity contribution in [2.45, 2.75) is 58.5 Å². The molecule has 1 saturated heterocycles. The minimum atomic E-state index is -3.44. The molecule has 5 nitrogen and oxygen atoms in total. The number of carbonyl (C=O) groups excluding carboxylic acids is 1. The second kappa shape index (κ2) is 11.7. The first kappa shape index (κ1) is 28.7. The summed E-state index contributed by atoms with van der Waals surface area (Å²) in [5.74, 6) is -0.105. The SMILES string of the molecule is C=CCC1(C)CC(c2cccc(Cl)c2)C(c2ccc(Cl)cc2)N(C(CNS(=O)(=O)CC)C(C)C)C1=O. The Kier molecular flexibility index (Phi) is 9.31. The predicted molar refractivity (Wildman–Crippen MR) is 149 cm³/mol. The van der Waals surface area contributed by atoms with Gasteiger partial charge in [0.1, 0.15) is 0 Å². The number of piperidine rings is 1. The molecule has 1 amide bonds. The van der Waals surface area contributed by atoms with E-state index in [-0.39, 0.29) is 42.1 Å². The molecule has 0 spiro atoms. The first-order chi connectivity index (χ1) is 16.9. The van der Waals surface area contributed by atoms with E-state index in [0.717, 1.165) is 11.1 Å². The number of hydrogen-bond acceptors (Lipinski definition) is 3. The van der Waals surface area contributed by atoms with Gasteiger partial charge in [-0.2, -0.15) is 0 Å². The number of hydrogen-bond donors (Lipinski definition) is 1. The fourth-order valence-corrected chi connectivity index (χ4v) is 6.18. The Morgan fingerprint density at radius 3 is 2.36 bits per heavy atom. The number of amides is 1. The first-order valence-corrected chi connectivity index (χ1v) is 14.7. The lowest BCUT2D eigenvalue weighted by Gasteiger charge is -2.53. The lowest BCUT2D eigenvalue weighted by Crippen LogP contribution is -2.59. The van der Waals surface area contributed by atoms with E-state index < -0.39 is 15.4 Å². The van der Waals surface area contributed by atoms with Gasteiger partial charge in [-0.15, -0.1) is 6.58 Å². The second-order valence-electron chi connectivity index (χ2n) is 10.2. The Labute approximate surface area is 225 Å². The molecule has 196 valence electrons. The van der Waals surface area contributed by atoms with Crippen LogP contribution in [-0.4, -0.2) is 37.6 Å². The molecule has 36 heavy (non-hydrogen) atoms. The van der Waals surface area contributed by atoms with Crippen LogP contribution in [0.4, 0.5) is 0 Å². The number of carbonyl (C=O) groups is 1. The second-order valence-corrected chi connectivity index (χ2v) is 13.2. The summed E-state index contributed by atoms with van der Waals surface area (Å²) < 4.78 is 27.5. The number of rotatable bonds is 10. The monoisotopic (exact) mass is 550 g/mol. The summed E-state index contributed by atoms with van der Waals surface area (Å²) in [4.78, 5) is 16.2. The molecule has 4 atom stereocenters. The quantitative estimate of drug-likeness (QED) is 0.339. The van der Waals surface area contributed by atoms with E-state index in [1.54, 1.807) is 13.0 Å². The van der Waals surface area contributed by atoms with Gasteiger partial charge >= 0.3 is 0 Å². The summed E-state index contributed by atoms with van der Waals surface area (Å²) >= 11 is 12.6. The summed E-state index contributed by atoms with van der Waals surface area (Å²) in [7, 11) is -3.44. The Hall–Kier alpha value is -1.86. The summed E-state index contributed by atoms with van der Waals surface area (Å²) in [5, 5.41) is 1.24. The molecule has 1 heterocycles. The Morgan fingerprint density at radius 1 is 1.14 bits per heavy atom. The number of nitrogens with one attached hydrogen (secondary N) is 1. The van der Waals surface area contributed by atoms with Crippen LogP contribution >= 0.6 is 23.2 Å². The van der Waals surface area contributed by atoms with E-state index in [2.05, 4.69) is 11.3 Å². The van der Waals surface area contributed by atoms with E-state index >= 15 is 0 Å². The molecule has 4 unspecified atom stereocenters. The Morgan fingerprint density at radius 2 is 1.81 bits per heavy atom. The van der Waals surface area contributed by atoms with Gasteiger partial charge in [0.2, 0.25) is 15.9 Å². The zero-order valence-corrected chi connectivity index (χ0v) is 23.7. The summed E-state index contributed by atoms with van der Waals surface area (Å²) in [6.45, 7) is 11.7. The van der Waals surface area contributed by atoms with Crippen molar-refractivity contribution in [3.8, 4) is 0 Å². The maximum Gasteiger partial charge on any atom is 0.229 e. The minimum absolute atomic E-state index is 0.00461. The van der Waals surface area contributed by atoms with Gasteiger partial charge in [0.25, 0.3) is 0 Å². The molecule has 1 aliphatic heterocycles. The van der Waals surface area contributed by atoms with Crippen molar-refractivity contribution in [2.75, 3.05) is 12.3 Å². The molecule has 1 N–H and O–H groups in total. The summed E-state index contributed by atoms with van der Waals surface area (Å²) in [5.41, 5.74) is 1.28. The van der Waals surface area contributed by atoms with Crippen LogP contribution in [0.25, 0.3) is 0 Å². The molecule has 0 aliphatic carbocycles. The van der Waals surface area contributed by atoms with Crippen LogP contribution in [0.15, 0.2) is 61.2 Å². The van der Waals surface area contributed by atoms with Gasteiger partial charge in [-0.1, -0.05) is 74.3 Å². The van der Waals surface area contributed by atoms with E-state index in [9.17, 15) is 13.2 Å². The standard InChI is InChI=1S/C28H36Cl2N2O3S/c1-6-15-28(5)17-24(21-9-8-10-23(30)16-21)26(20-11-13-22(29)14-12-20)32(27(28)33)25(19(3)4)18-31-36(34,35)7-2/h6,8-14,16,19,24-26,31H,1,7,15,17-18H2,2-5H3. The van der Waals surface area contributed by atoms with Gasteiger partial charge in [-0.05, 0) is 61.1 Å². The average molecular weight is 552 g/mol. The Bertz CT molecular complexity index is 1180. The molecule has 0 aromatic heterocycles. The zero-order valence-electron chi connectivity index (χ0n) is 21.4. The number of likely N-dealkylation sites (tertiary alicyclic amines) is 1. The number of benzene rings is 2.